The molecule has 5 nitrogen and oxygen atoms in total. The van der Waals surface area contributed by atoms with Gasteiger partial charge in [-0.3, -0.25) is 9.59 Å². The number of amides is 2. The number of aryl methyl sites for hydroxylation is 2. The third kappa shape index (κ3) is 4.11. The largest absolute Gasteiger partial charge is 0.365 e. The van der Waals surface area contributed by atoms with Crippen LogP contribution in [0.2, 0.25) is 0 Å². The second-order valence-corrected chi connectivity index (χ2v) is 7.92. The van der Waals surface area contributed by atoms with E-state index in [0.717, 1.165) is 53.8 Å². The van der Waals surface area contributed by atoms with Crippen molar-refractivity contribution in [3.63, 3.8) is 0 Å². The van der Waals surface area contributed by atoms with Crippen molar-refractivity contribution in [2.75, 3.05) is 10.6 Å². The molecule has 0 fully saturated rings. The molecule has 0 saturated heterocycles. The van der Waals surface area contributed by atoms with E-state index in [1.54, 1.807) is 0 Å². The van der Waals surface area contributed by atoms with Crippen molar-refractivity contribution in [3.05, 3.63) is 45.8 Å². The molecule has 0 saturated carbocycles. The molecule has 0 unspecified atom stereocenters. The van der Waals surface area contributed by atoms with Crippen molar-refractivity contribution in [3.8, 4) is 0 Å². The van der Waals surface area contributed by atoms with Crippen LogP contribution in [0.25, 0.3) is 0 Å². The van der Waals surface area contributed by atoms with Gasteiger partial charge in [-0.05, 0) is 55.9 Å². The molecule has 2 aromatic rings. The van der Waals surface area contributed by atoms with E-state index in [2.05, 4.69) is 10.6 Å². The molecular formula is C19H21N3O2S2. The average molecular weight is 388 g/mol. The fraction of sp³-hybridized carbons (Fsp3) is 0.316. The highest BCUT2D eigenvalue weighted by atomic mass is 32.1. The maximum absolute atomic E-state index is 12.5. The highest BCUT2D eigenvalue weighted by molar-refractivity contribution is 7.82. The van der Waals surface area contributed by atoms with Crippen LogP contribution in [-0.4, -0.2) is 16.8 Å². The number of carbonyl (C=O) groups excluding carboxylic acids is 2. The van der Waals surface area contributed by atoms with Crippen molar-refractivity contribution in [2.24, 2.45) is 5.73 Å². The van der Waals surface area contributed by atoms with E-state index in [0.29, 0.717) is 10.6 Å². The van der Waals surface area contributed by atoms with Crippen LogP contribution in [0, 0.1) is 6.92 Å². The number of thiocarbonyl (C=S) groups is 1. The lowest BCUT2D eigenvalue weighted by Gasteiger charge is -2.09. The number of rotatable bonds is 3. The van der Waals surface area contributed by atoms with Crippen molar-refractivity contribution >= 4 is 51.0 Å². The summed E-state index contributed by atoms with van der Waals surface area (Å²) in [7, 11) is 0. The molecule has 0 bridgehead atoms. The predicted octanol–water partition coefficient (Wildman–Crippen LogP) is 3.80. The summed E-state index contributed by atoms with van der Waals surface area (Å²) in [5, 5.41) is 6.21. The minimum Gasteiger partial charge on any atom is -0.365 e. The summed E-state index contributed by atoms with van der Waals surface area (Å²) in [6.07, 6.45) is 5.01. The van der Waals surface area contributed by atoms with Gasteiger partial charge in [-0.2, -0.15) is 0 Å². The minimum atomic E-state index is -0.503. The van der Waals surface area contributed by atoms with Crippen LogP contribution in [0.4, 0.5) is 10.7 Å². The topological polar surface area (TPSA) is 84.2 Å². The second kappa shape index (κ2) is 7.97. The van der Waals surface area contributed by atoms with Gasteiger partial charge in [-0.15, -0.1) is 11.3 Å². The molecule has 1 aromatic carbocycles. The molecule has 0 aliphatic heterocycles. The SMILES string of the molecule is Cc1cccc(NC(=S)C(=O)Nc2sc3c(c2C(N)=O)CCCCC3)c1. The van der Waals surface area contributed by atoms with E-state index in [1.807, 2.05) is 31.2 Å². The van der Waals surface area contributed by atoms with Crippen molar-refractivity contribution in [1.29, 1.82) is 0 Å². The van der Waals surface area contributed by atoms with Gasteiger partial charge in [-0.25, -0.2) is 0 Å². The van der Waals surface area contributed by atoms with Gasteiger partial charge >= 0.3 is 0 Å². The molecule has 7 heteroatoms. The first-order valence-electron chi connectivity index (χ1n) is 8.59. The van der Waals surface area contributed by atoms with Crippen LogP contribution in [0.1, 0.15) is 45.6 Å². The summed E-state index contributed by atoms with van der Waals surface area (Å²) < 4.78 is 0. The first-order chi connectivity index (χ1) is 12.5. The zero-order valence-electron chi connectivity index (χ0n) is 14.6. The molecule has 26 heavy (non-hydrogen) atoms. The van der Waals surface area contributed by atoms with Gasteiger partial charge in [0.15, 0.2) is 4.99 Å². The number of hydrogen-bond donors (Lipinski definition) is 3. The predicted molar refractivity (Wildman–Crippen MR) is 110 cm³/mol. The summed E-state index contributed by atoms with van der Waals surface area (Å²) in [6, 6.07) is 7.60. The Labute approximate surface area is 162 Å². The van der Waals surface area contributed by atoms with Crippen molar-refractivity contribution in [1.82, 2.24) is 0 Å². The Morgan fingerprint density at radius 3 is 2.65 bits per heavy atom. The zero-order chi connectivity index (χ0) is 18.7. The number of nitrogens with two attached hydrogens (primary N) is 1. The Kier molecular flexibility index (Phi) is 5.68. The Morgan fingerprint density at radius 2 is 1.92 bits per heavy atom. The third-order valence-corrected chi connectivity index (χ3v) is 5.87. The molecule has 1 heterocycles. The van der Waals surface area contributed by atoms with Crippen molar-refractivity contribution in [2.45, 2.75) is 39.0 Å². The number of thiophene rings is 1. The number of anilines is 2. The third-order valence-electron chi connectivity index (χ3n) is 4.38. The summed E-state index contributed by atoms with van der Waals surface area (Å²) in [4.78, 5) is 25.7. The quantitative estimate of drug-likeness (QED) is 0.552. The van der Waals surface area contributed by atoms with Crippen LogP contribution >= 0.6 is 23.6 Å². The van der Waals surface area contributed by atoms with Crippen LogP contribution < -0.4 is 16.4 Å². The van der Waals surface area contributed by atoms with Gasteiger partial charge in [0.1, 0.15) is 5.00 Å². The van der Waals surface area contributed by atoms with Crippen LogP contribution in [0.5, 0.6) is 0 Å². The standard InChI is InChI=1S/C19H21N3O2S2/c1-11-6-5-7-12(10-11)21-18(25)17(24)22-19-15(16(20)23)13-8-3-2-4-9-14(13)26-19/h5-7,10H,2-4,8-9H2,1H3,(H2,20,23)(H,21,25)(H,22,24). The summed E-state index contributed by atoms with van der Waals surface area (Å²) >= 11 is 6.64. The average Bonchev–Trinajstić information content (AvgIpc) is 2.76. The van der Waals surface area contributed by atoms with Gasteiger partial charge in [0.25, 0.3) is 11.8 Å². The molecule has 0 spiro atoms. The number of hydrogen-bond acceptors (Lipinski definition) is 4. The molecule has 0 atom stereocenters. The van der Waals surface area contributed by atoms with Crippen molar-refractivity contribution < 1.29 is 9.59 Å². The molecule has 136 valence electrons. The summed E-state index contributed by atoms with van der Waals surface area (Å²) in [5.74, 6) is -0.947. The molecule has 4 N–H and O–H groups in total. The molecule has 1 aromatic heterocycles. The number of nitrogens with one attached hydrogen (secondary N) is 2. The highest BCUT2D eigenvalue weighted by Crippen LogP contribution is 2.37. The monoisotopic (exact) mass is 387 g/mol. The van der Waals surface area contributed by atoms with E-state index in [9.17, 15) is 9.59 Å². The smallest absolute Gasteiger partial charge is 0.284 e. The molecule has 1 aliphatic carbocycles. The Morgan fingerprint density at radius 1 is 1.15 bits per heavy atom. The fourth-order valence-electron chi connectivity index (χ4n) is 3.16. The first kappa shape index (κ1) is 18.5. The molecule has 1 aliphatic rings. The van der Waals surface area contributed by atoms with Crippen LogP contribution in [0.3, 0.4) is 0 Å². The number of primary amides is 1. The maximum Gasteiger partial charge on any atom is 0.284 e. The van der Waals surface area contributed by atoms with Crippen LogP contribution in [0.15, 0.2) is 24.3 Å². The molecule has 0 radical (unpaired) electrons. The minimum absolute atomic E-state index is 0.0506. The lowest BCUT2D eigenvalue weighted by atomic mass is 10.1. The summed E-state index contributed by atoms with van der Waals surface area (Å²) in [6.45, 7) is 1.96. The highest BCUT2D eigenvalue weighted by Gasteiger charge is 2.25. The van der Waals surface area contributed by atoms with E-state index in [-0.39, 0.29) is 4.99 Å². The lowest BCUT2D eigenvalue weighted by molar-refractivity contribution is -0.110. The number of carbonyl (C=O) groups is 2. The normalized spacial score (nSPS) is 13.4. The Bertz CT molecular complexity index is 874. The van der Waals surface area contributed by atoms with E-state index in [1.165, 1.54) is 11.3 Å². The van der Waals surface area contributed by atoms with Gasteiger partial charge in [0, 0.05) is 10.6 Å². The molecule has 2 amide bonds. The molecular weight excluding hydrogens is 366 g/mol. The Hall–Kier alpha value is -2.25. The van der Waals surface area contributed by atoms with Crippen LogP contribution in [-0.2, 0) is 17.6 Å². The van der Waals surface area contributed by atoms with Gasteiger partial charge in [-0.1, -0.05) is 30.8 Å². The summed E-state index contributed by atoms with van der Waals surface area (Å²) in [5.41, 5.74) is 8.85. The maximum atomic E-state index is 12.5. The van der Waals surface area contributed by atoms with E-state index >= 15 is 0 Å². The van der Waals surface area contributed by atoms with Gasteiger partial charge in [0.05, 0.1) is 5.56 Å². The van der Waals surface area contributed by atoms with E-state index in [4.69, 9.17) is 18.0 Å². The van der Waals surface area contributed by atoms with E-state index < -0.39 is 11.8 Å². The van der Waals surface area contributed by atoms with Gasteiger partial charge in [0.2, 0.25) is 0 Å². The number of fused-ring (bicyclic) bond motifs is 1. The van der Waals surface area contributed by atoms with Gasteiger partial charge < -0.3 is 16.4 Å². The zero-order valence-corrected chi connectivity index (χ0v) is 16.2. The first-order valence-corrected chi connectivity index (χ1v) is 9.81. The Balaban J connectivity index is 1.78. The lowest BCUT2D eigenvalue weighted by Crippen LogP contribution is -2.28. The molecule has 3 rings (SSSR count). The number of benzene rings is 1. The second-order valence-electron chi connectivity index (χ2n) is 6.41. The fourth-order valence-corrected chi connectivity index (χ4v) is 4.62.